The average Bonchev–Trinajstić information content (AvgIpc) is 2.70. The molecule has 1 unspecified atom stereocenters. The van der Waals surface area contributed by atoms with Crippen molar-refractivity contribution in [2.45, 2.75) is 26.3 Å². The number of para-hydroxylation sites is 1. The number of nitriles is 1. The van der Waals surface area contributed by atoms with Crippen molar-refractivity contribution in [3.8, 4) is 17.6 Å². The van der Waals surface area contributed by atoms with E-state index in [0.29, 0.717) is 22.6 Å². The first-order valence-electron chi connectivity index (χ1n) is 8.82. The van der Waals surface area contributed by atoms with Gasteiger partial charge in [0.05, 0.1) is 17.3 Å². The van der Waals surface area contributed by atoms with Crippen LogP contribution in [0.4, 0.5) is 5.69 Å². The molecule has 0 saturated heterocycles. The molecular formula is C22H24N4O. The molecule has 0 fully saturated rings. The van der Waals surface area contributed by atoms with Crippen molar-refractivity contribution in [1.82, 2.24) is 4.98 Å². The molecule has 0 amide bonds. The Bertz CT molecular complexity index is 886. The molecule has 0 radical (unpaired) electrons. The zero-order valence-electron chi connectivity index (χ0n) is 15.6. The van der Waals surface area contributed by atoms with Crippen LogP contribution in [0.2, 0.25) is 0 Å². The van der Waals surface area contributed by atoms with Gasteiger partial charge in [-0.1, -0.05) is 50.6 Å². The highest BCUT2D eigenvalue weighted by Gasteiger charge is 2.15. The molecule has 1 heterocycles. The summed E-state index contributed by atoms with van der Waals surface area (Å²) in [4.78, 5) is 4.03. The second-order valence-electron chi connectivity index (χ2n) is 5.97. The van der Waals surface area contributed by atoms with E-state index in [4.69, 9.17) is 21.5 Å². The van der Waals surface area contributed by atoms with Crippen LogP contribution in [0.25, 0.3) is 0 Å². The fraction of sp³-hybridized carbons (Fsp3) is 0.182. The predicted octanol–water partition coefficient (Wildman–Crippen LogP) is 4.79. The zero-order chi connectivity index (χ0) is 19.6. The van der Waals surface area contributed by atoms with E-state index in [1.165, 1.54) is 12.6 Å². The Kier molecular flexibility index (Phi) is 7.36. The molecule has 0 saturated carbocycles. The molecule has 0 aliphatic heterocycles. The maximum absolute atomic E-state index is 9.04. The minimum absolute atomic E-state index is 0.326. The predicted molar refractivity (Wildman–Crippen MR) is 108 cm³/mol. The summed E-state index contributed by atoms with van der Waals surface area (Å²) in [5.74, 6) is 1.48. The highest BCUT2D eigenvalue weighted by Crippen LogP contribution is 2.28. The maximum Gasteiger partial charge on any atom is 0.127 e. The van der Waals surface area contributed by atoms with Gasteiger partial charge in [0.1, 0.15) is 17.6 Å². The van der Waals surface area contributed by atoms with Crippen LogP contribution in [0.15, 0.2) is 67.0 Å². The van der Waals surface area contributed by atoms with Crippen molar-refractivity contribution in [2.75, 3.05) is 5.73 Å². The fourth-order valence-corrected chi connectivity index (χ4v) is 2.37. The number of nitrogens with zero attached hydrogens (tertiary/aromatic N) is 2. The van der Waals surface area contributed by atoms with Crippen LogP contribution in [0.5, 0.6) is 11.5 Å². The summed E-state index contributed by atoms with van der Waals surface area (Å²) in [5.41, 5.74) is 14.5. The average molecular weight is 360 g/mol. The van der Waals surface area contributed by atoms with Gasteiger partial charge in [0.2, 0.25) is 0 Å². The summed E-state index contributed by atoms with van der Waals surface area (Å²) in [6.45, 7) is 4.25. The molecule has 0 bridgehead atoms. The van der Waals surface area contributed by atoms with Gasteiger partial charge in [0.25, 0.3) is 0 Å². The third kappa shape index (κ3) is 5.30. The van der Waals surface area contributed by atoms with Gasteiger partial charge in [0, 0.05) is 18.0 Å². The lowest BCUT2D eigenvalue weighted by molar-refractivity contribution is 0.482. The molecule has 5 heteroatoms. The summed E-state index contributed by atoms with van der Waals surface area (Å²) >= 11 is 0. The van der Waals surface area contributed by atoms with E-state index in [1.54, 1.807) is 6.20 Å². The number of ether oxygens (including phenoxy) is 1. The van der Waals surface area contributed by atoms with E-state index in [0.717, 1.165) is 11.3 Å². The number of pyridine rings is 1. The number of nitrogen functional groups attached to an aromatic ring is 1. The number of benzene rings is 2. The van der Waals surface area contributed by atoms with Gasteiger partial charge in [0.15, 0.2) is 0 Å². The van der Waals surface area contributed by atoms with Crippen LogP contribution in [0, 0.1) is 11.3 Å². The monoisotopic (exact) mass is 360 g/mol. The second kappa shape index (κ2) is 9.95. The SMILES string of the molecule is CCC.N#Cc1cncc(C(N)c2ccc(Oc3ccccc3)cc2)c1N. The van der Waals surface area contributed by atoms with E-state index in [2.05, 4.69) is 18.8 Å². The largest absolute Gasteiger partial charge is 0.457 e. The first-order chi connectivity index (χ1) is 13.1. The van der Waals surface area contributed by atoms with Crippen molar-refractivity contribution >= 4 is 5.69 Å². The number of nitrogens with two attached hydrogens (primary N) is 2. The summed E-state index contributed by atoms with van der Waals surface area (Å²) in [6.07, 6.45) is 4.28. The fourth-order valence-electron chi connectivity index (χ4n) is 2.37. The maximum atomic E-state index is 9.04. The van der Waals surface area contributed by atoms with Crippen LogP contribution in [0.1, 0.15) is 43.0 Å². The van der Waals surface area contributed by atoms with Crippen LogP contribution in [0.3, 0.4) is 0 Å². The van der Waals surface area contributed by atoms with E-state index in [-0.39, 0.29) is 0 Å². The van der Waals surface area contributed by atoms with E-state index >= 15 is 0 Å². The number of hydrogen-bond donors (Lipinski definition) is 2. The molecule has 0 aliphatic carbocycles. The van der Waals surface area contributed by atoms with Crippen LogP contribution < -0.4 is 16.2 Å². The summed E-state index contributed by atoms with van der Waals surface area (Å²) in [6, 6.07) is 18.5. The van der Waals surface area contributed by atoms with Crippen molar-refractivity contribution in [3.05, 3.63) is 83.7 Å². The van der Waals surface area contributed by atoms with Crippen LogP contribution in [-0.4, -0.2) is 4.98 Å². The second-order valence-corrected chi connectivity index (χ2v) is 5.97. The number of hydrogen-bond acceptors (Lipinski definition) is 5. The minimum Gasteiger partial charge on any atom is -0.457 e. The van der Waals surface area contributed by atoms with E-state index in [9.17, 15) is 0 Å². The number of anilines is 1. The van der Waals surface area contributed by atoms with Gasteiger partial charge >= 0.3 is 0 Å². The number of rotatable bonds is 4. The number of aromatic nitrogens is 1. The quantitative estimate of drug-likeness (QED) is 0.697. The summed E-state index contributed by atoms with van der Waals surface area (Å²) in [5, 5.41) is 9.04. The van der Waals surface area contributed by atoms with Crippen molar-refractivity contribution in [2.24, 2.45) is 5.73 Å². The molecule has 4 N–H and O–H groups in total. The third-order valence-corrected chi connectivity index (χ3v) is 3.69. The lowest BCUT2D eigenvalue weighted by Gasteiger charge is -2.15. The van der Waals surface area contributed by atoms with E-state index in [1.807, 2.05) is 60.7 Å². The topological polar surface area (TPSA) is 98.0 Å². The molecule has 1 atom stereocenters. The minimum atomic E-state index is -0.462. The molecule has 0 aliphatic rings. The highest BCUT2D eigenvalue weighted by molar-refractivity contribution is 5.60. The molecular weight excluding hydrogens is 336 g/mol. The summed E-state index contributed by atoms with van der Waals surface area (Å²) in [7, 11) is 0. The first-order valence-corrected chi connectivity index (χ1v) is 8.82. The zero-order valence-corrected chi connectivity index (χ0v) is 15.6. The van der Waals surface area contributed by atoms with Crippen LogP contribution >= 0.6 is 0 Å². The molecule has 3 rings (SSSR count). The Morgan fingerprint density at radius 1 is 1.00 bits per heavy atom. The molecule has 3 aromatic rings. The van der Waals surface area contributed by atoms with Crippen molar-refractivity contribution < 1.29 is 4.74 Å². The highest BCUT2D eigenvalue weighted by atomic mass is 16.5. The Balaban J connectivity index is 0.000000817. The molecule has 27 heavy (non-hydrogen) atoms. The lowest BCUT2D eigenvalue weighted by atomic mass is 9.98. The molecule has 0 spiro atoms. The summed E-state index contributed by atoms with van der Waals surface area (Å²) < 4.78 is 5.76. The Morgan fingerprint density at radius 2 is 1.59 bits per heavy atom. The Morgan fingerprint density at radius 3 is 2.19 bits per heavy atom. The van der Waals surface area contributed by atoms with Crippen molar-refractivity contribution in [3.63, 3.8) is 0 Å². The van der Waals surface area contributed by atoms with Gasteiger partial charge < -0.3 is 16.2 Å². The molecule has 2 aromatic carbocycles. The van der Waals surface area contributed by atoms with Crippen molar-refractivity contribution in [1.29, 1.82) is 5.26 Å². The van der Waals surface area contributed by atoms with E-state index < -0.39 is 6.04 Å². The molecule has 138 valence electrons. The third-order valence-electron chi connectivity index (χ3n) is 3.69. The van der Waals surface area contributed by atoms with Crippen LogP contribution in [-0.2, 0) is 0 Å². The van der Waals surface area contributed by atoms with Gasteiger partial charge in [-0.25, -0.2) is 0 Å². The smallest absolute Gasteiger partial charge is 0.127 e. The Hall–Kier alpha value is -3.36. The normalized spacial score (nSPS) is 10.9. The van der Waals surface area contributed by atoms with Gasteiger partial charge in [-0.15, -0.1) is 0 Å². The van der Waals surface area contributed by atoms with Gasteiger partial charge in [-0.3, -0.25) is 4.98 Å². The van der Waals surface area contributed by atoms with Gasteiger partial charge in [-0.2, -0.15) is 5.26 Å². The Labute approximate surface area is 160 Å². The molecule has 5 nitrogen and oxygen atoms in total. The lowest BCUT2D eigenvalue weighted by Crippen LogP contribution is -2.15. The standard InChI is InChI=1S/C19H16N4O.C3H8/c20-10-14-11-23-12-17(19(14)22)18(21)13-6-8-16(9-7-13)24-15-4-2-1-3-5-15;1-3-2/h1-9,11-12,18H,21H2,(H2,22,23);3H2,1-2H3. The molecule has 1 aromatic heterocycles. The van der Waals surface area contributed by atoms with Gasteiger partial charge in [-0.05, 0) is 29.8 Å². The first kappa shape index (κ1) is 20.0.